The van der Waals surface area contributed by atoms with Crippen molar-refractivity contribution >= 4 is 17.7 Å². The van der Waals surface area contributed by atoms with Crippen LogP contribution in [0.1, 0.15) is 47.5 Å². The lowest BCUT2D eigenvalue weighted by atomic mass is 9.71. The van der Waals surface area contributed by atoms with Crippen LogP contribution < -0.4 is 0 Å². The van der Waals surface area contributed by atoms with E-state index in [0.717, 1.165) is 0 Å². The van der Waals surface area contributed by atoms with Gasteiger partial charge < -0.3 is 19.7 Å². The average molecular weight is 352 g/mol. The van der Waals surface area contributed by atoms with E-state index in [1.165, 1.54) is 13.8 Å². The Bertz CT molecular complexity index is 706. The van der Waals surface area contributed by atoms with Crippen molar-refractivity contribution in [1.29, 1.82) is 0 Å². The van der Waals surface area contributed by atoms with Crippen LogP contribution >= 0.6 is 0 Å². The fraction of sp³-hybridized carbons (Fsp3) is 0.722. The highest BCUT2D eigenvalue weighted by Gasteiger charge is 2.72. The van der Waals surface area contributed by atoms with Gasteiger partial charge in [-0.25, -0.2) is 4.79 Å². The van der Waals surface area contributed by atoms with Crippen molar-refractivity contribution in [3.05, 3.63) is 11.1 Å². The van der Waals surface area contributed by atoms with E-state index in [1.807, 2.05) is 0 Å². The van der Waals surface area contributed by atoms with Gasteiger partial charge >= 0.3 is 11.9 Å². The number of allylic oxidation sites excluding steroid dienone is 1. The lowest BCUT2D eigenvalue weighted by Gasteiger charge is -2.40. The molecular formula is C18H24O7. The molecule has 2 N–H and O–H groups in total. The zero-order valence-corrected chi connectivity index (χ0v) is 15.1. The molecule has 0 aromatic rings. The third kappa shape index (κ3) is 2.15. The van der Waals surface area contributed by atoms with Crippen molar-refractivity contribution in [1.82, 2.24) is 0 Å². The Kier molecular flexibility index (Phi) is 3.72. The van der Waals surface area contributed by atoms with Gasteiger partial charge in [0, 0.05) is 19.3 Å². The third-order valence-corrected chi connectivity index (χ3v) is 6.28. The number of carbonyl (C=O) groups excluding carboxylic acids is 3. The second-order valence-corrected chi connectivity index (χ2v) is 7.95. The SMILES string of the molecule is CC(=O)O[C@@]1(C)C[C@@H](C)[C@@]2(O)[C@@H](OC(=O)[C@@]2(C)O)C2=C(C)C(=O)C[C@@H]21. The van der Waals surface area contributed by atoms with Gasteiger partial charge in [0.05, 0.1) is 0 Å². The van der Waals surface area contributed by atoms with Gasteiger partial charge in [0.25, 0.3) is 0 Å². The maximum Gasteiger partial charge on any atom is 0.341 e. The molecule has 3 aliphatic rings. The lowest BCUT2D eigenvalue weighted by Crippen LogP contribution is -2.60. The van der Waals surface area contributed by atoms with Gasteiger partial charge in [-0.3, -0.25) is 9.59 Å². The van der Waals surface area contributed by atoms with Gasteiger partial charge in [-0.05, 0) is 44.3 Å². The van der Waals surface area contributed by atoms with Crippen molar-refractivity contribution < 1.29 is 34.1 Å². The number of carbonyl (C=O) groups is 3. The van der Waals surface area contributed by atoms with E-state index in [2.05, 4.69) is 0 Å². The van der Waals surface area contributed by atoms with E-state index in [0.29, 0.717) is 11.1 Å². The van der Waals surface area contributed by atoms with Gasteiger partial charge in [0.15, 0.2) is 17.5 Å². The van der Waals surface area contributed by atoms with E-state index in [-0.39, 0.29) is 18.6 Å². The van der Waals surface area contributed by atoms with E-state index in [9.17, 15) is 24.6 Å². The number of Topliss-reactive ketones (excluding diaryl/α,β-unsaturated/α-hetero) is 1. The zero-order valence-electron chi connectivity index (χ0n) is 15.1. The summed E-state index contributed by atoms with van der Waals surface area (Å²) in [5.41, 5.74) is -4.24. The number of esters is 2. The molecule has 1 saturated heterocycles. The molecule has 3 rings (SSSR count). The zero-order chi connectivity index (χ0) is 18.9. The maximum atomic E-state index is 12.4. The monoisotopic (exact) mass is 352 g/mol. The summed E-state index contributed by atoms with van der Waals surface area (Å²) in [6.45, 7) is 7.54. The van der Waals surface area contributed by atoms with Gasteiger partial charge in [0.2, 0.25) is 0 Å². The van der Waals surface area contributed by atoms with Crippen LogP contribution in [0.5, 0.6) is 0 Å². The quantitative estimate of drug-likeness (QED) is 0.667. The highest BCUT2D eigenvalue weighted by molar-refractivity contribution is 5.99. The Balaban J connectivity index is 2.24. The topological polar surface area (TPSA) is 110 Å². The molecule has 1 heterocycles. The van der Waals surface area contributed by atoms with Crippen LogP contribution in [-0.2, 0) is 23.9 Å². The minimum atomic E-state index is -2.12. The lowest BCUT2D eigenvalue weighted by molar-refractivity contribution is -0.177. The minimum Gasteiger partial charge on any atom is -0.459 e. The molecule has 6 atom stereocenters. The molecule has 138 valence electrons. The normalized spacial score (nSPS) is 46.4. The van der Waals surface area contributed by atoms with E-state index in [1.54, 1.807) is 20.8 Å². The summed E-state index contributed by atoms with van der Waals surface area (Å²) in [5.74, 6) is -2.68. The fourth-order valence-corrected chi connectivity index (χ4v) is 4.91. The molecule has 0 aromatic heterocycles. The number of ether oxygens (including phenoxy) is 2. The molecule has 0 bridgehead atoms. The first-order chi connectivity index (χ1) is 11.4. The van der Waals surface area contributed by atoms with Crippen LogP contribution in [0.25, 0.3) is 0 Å². The Labute approximate surface area is 146 Å². The molecule has 7 heteroatoms. The second-order valence-electron chi connectivity index (χ2n) is 7.95. The molecule has 7 nitrogen and oxygen atoms in total. The number of ketones is 1. The first-order valence-electron chi connectivity index (χ1n) is 8.45. The summed E-state index contributed by atoms with van der Waals surface area (Å²) in [7, 11) is 0. The number of hydrogen-bond donors (Lipinski definition) is 2. The fourth-order valence-electron chi connectivity index (χ4n) is 4.91. The molecule has 0 spiro atoms. The molecule has 0 aromatic carbocycles. The molecule has 0 unspecified atom stereocenters. The Morgan fingerprint density at radius 1 is 1.28 bits per heavy atom. The first kappa shape index (κ1) is 18.1. The van der Waals surface area contributed by atoms with E-state index < -0.39 is 46.7 Å². The van der Waals surface area contributed by atoms with Gasteiger partial charge in [-0.1, -0.05) is 6.92 Å². The van der Waals surface area contributed by atoms with E-state index in [4.69, 9.17) is 9.47 Å². The maximum absolute atomic E-state index is 12.4. The molecule has 1 aliphatic heterocycles. The van der Waals surface area contributed by atoms with Crippen LogP contribution in [0.15, 0.2) is 11.1 Å². The van der Waals surface area contributed by atoms with Crippen molar-refractivity contribution in [3.63, 3.8) is 0 Å². The van der Waals surface area contributed by atoms with Crippen molar-refractivity contribution in [2.24, 2.45) is 11.8 Å². The van der Waals surface area contributed by atoms with Crippen LogP contribution in [0.2, 0.25) is 0 Å². The predicted molar refractivity (Wildman–Crippen MR) is 85.2 cm³/mol. The smallest absolute Gasteiger partial charge is 0.341 e. The molecule has 2 aliphatic carbocycles. The summed E-state index contributed by atoms with van der Waals surface area (Å²) in [6.07, 6.45) is -0.843. The Morgan fingerprint density at radius 2 is 1.88 bits per heavy atom. The molecule has 0 radical (unpaired) electrons. The molecule has 2 fully saturated rings. The molecular weight excluding hydrogens is 328 g/mol. The number of aliphatic hydroxyl groups is 2. The van der Waals surface area contributed by atoms with Gasteiger partial charge in [-0.2, -0.15) is 0 Å². The summed E-state index contributed by atoms with van der Waals surface area (Å²) in [6, 6.07) is 0. The average Bonchev–Trinajstić information content (AvgIpc) is 2.84. The predicted octanol–water partition coefficient (Wildman–Crippen LogP) is 0.661. The highest BCUT2D eigenvalue weighted by atomic mass is 16.6. The summed E-state index contributed by atoms with van der Waals surface area (Å²) < 4.78 is 11.0. The largest absolute Gasteiger partial charge is 0.459 e. The summed E-state index contributed by atoms with van der Waals surface area (Å²) in [5, 5.41) is 22.1. The number of rotatable bonds is 1. The van der Waals surface area contributed by atoms with Crippen molar-refractivity contribution in [3.8, 4) is 0 Å². The molecule has 25 heavy (non-hydrogen) atoms. The van der Waals surface area contributed by atoms with Crippen molar-refractivity contribution in [2.45, 2.75) is 70.4 Å². The van der Waals surface area contributed by atoms with Gasteiger partial charge in [0.1, 0.15) is 11.2 Å². The van der Waals surface area contributed by atoms with E-state index >= 15 is 0 Å². The van der Waals surface area contributed by atoms with Crippen LogP contribution in [0.4, 0.5) is 0 Å². The van der Waals surface area contributed by atoms with Crippen LogP contribution in [-0.4, -0.2) is 50.8 Å². The van der Waals surface area contributed by atoms with Crippen LogP contribution in [0.3, 0.4) is 0 Å². The second kappa shape index (κ2) is 5.14. The first-order valence-corrected chi connectivity index (χ1v) is 8.45. The summed E-state index contributed by atoms with van der Waals surface area (Å²) >= 11 is 0. The molecule has 1 saturated carbocycles. The highest BCUT2D eigenvalue weighted by Crippen LogP contribution is 2.56. The third-order valence-electron chi connectivity index (χ3n) is 6.28. The standard InChI is InChI=1S/C18H24O7/c1-8-7-16(4,25-10(3)19)11-6-12(20)9(2)13(11)14-18(8,23)17(5,22)15(21)24-14/h8,11,14,22-23H,6-7H2,1-5H3/t8-,11+,14+,16+,17-,18-/m1/s1. The molecule has 0 amide bonds. The number of hydrogen-bond acceptors (Lipinski definition) is 7. The minimum absolute atomic E-state index is 0.115. The van der Waals surface area contributed by atoms with Crippen molar-refractivity contribution in [2.75, 3.05) is 0 Å². The van der Waals surface area contributed by atoms with Crippen LogP contribution in [0, 0.1) is 11.8 Å². The Hall–Kier alpha value is -1.73. The Morgan fingerprint density at radius 3 is 2.44 bits per heavy atom. The summed E-state index contributed by atoms with van der Waals surface area (Å²) in [4.78, 5) is 36.2. The number of fused-ring (bicyclic) bond motifs is 3. The van der Waals surface area contributed by atoms with Gasteiger partial charge in [-0.15, -0.1) is 0 Å².